The van der Waals surface area contributed by atoms with Crippen molar-refractivity contribution in [2.75, 3.05) is 23.0 Å². The van der Waals surface area contributed by atoms with Crippen LogP contribution in [-0.4, -0.2) is 33.7 Å². The predicted molar refractivity (Wildman–Crippen MR) is 114 cm³/mol. The van der Waals surface area contributed by atoms with Gasteiger partial charge in [-0.1, -0.05) is 43.6 Å². The van der Waals surface area contributed by atoms with Crippen molar-refractivity contribution in [2.45, 2.75) is 32.7 Å². The highest BCUT2D eigenvalue weighted by atomic mass is 35.5. The number of anilines is 2. The van der Waals surface area contributed by atoms with Crippen molar-refractivity contribution in [1.82, 2.24) is 0 Å². The van der Waals surface area contributed by atoms with Gasteiger partial charge in [0.05, 0.1) is 24.1 Å². The number of nitrogens with one attached hydrogen (secondary N) is 1. The molecule has 2 rings (SSSR count). The lowest BCUT2D eigenvalue weighted by Crippen LogP contribution is -2.47. The van der Waals surface area contributed by atoms with E-state index in [4.69, 9.17) is 16.3 Å². The molecule has 2 aromatic carbocycles. The Bertz CT molecular complexity index is 947. The monoisotopic (exact) mass is 424 g/mol. The Morgan fingerprint density at radius 1 is 1.21 bits per heavy atom. The van der Waals surface area contributed by atoms with Crippen molar-refractivity contribution in [3.63, 3.8) is 0 Å². The standard InChI is InChI=1S/C20H25ClN2O4S/c1-5-14-9-7-8-10-17(14)22-20(24)18(6-2)23(28(4,25)26)15-11-12-19(27-3)16(21)13-15/h7-13,18H,5-6H2,1-4H3,(H,22,24). The van der Waals surface area contributed by atoms with Gasteiger partial charge in [-0.25, -0.2) is 8.42 Å². The molecule has 0 saturated heterocycles. The molecule has 0 aliphatic heterocycles. The molecule has 2 aromatic rings. The Hall–Kier alpha value is -2.25. The van der Waals surface area contributed by atoms with Crippen molar-refractivity contribution in [1.29, 1.82) is 0 Å². The number of hydrogen-bond donors (Lipinski definition) is 1. The molecule has 0 spiro atoms. The maximum absolute atomic E-state index is 13.0. The summed E-state index contributed by atoms with van der Waals surface area (Å²) in [5.74, 6) is 0.0222. The number of halogens is 1. The van der Waals surface area contributed by atoms with E-state index in [2.05, 4.69) is 5.32 Å². The molecular formula is C20H25ClN2O4S. The van der Waals surface area contributed by atoms with E-state index < -0.39 is 22.0 Å². The topological polar surface area (TPSA) is 75.7 Å². The van der Waals surface area contributed by atoms with Crippen LogP contribution in [0.4, 0.5) is 11.4 Å². The summed E-state index contributed by atoms with van der Waals surface area (Å²) in [6, 6.07) is 11.2. The quantitative estimate of drug-likeness (QED) is 0.692. The van der Waals surface area contributed by atoms with Crippen LogP contribution in [0.5, 0.6) is 5.75 Å². The van der Waals surface area contributed by atoms with Crippen LogP contribution in [-0.2, 0) is 21.2 Å². The lowest BCUT2D eigenvalue weighted by atomic mass is 10.1. The number of carbonyl (C=O) groups excluding carboxylic acids is 1. The van der Waals surface area contributed by atoms with Crippen LogP contribution < -0.4 is 14.4 Å². The molecule has 1 atom stereocenters. The van der Waals surface area contributed by atoms with Gasteiger partial charge in [-0.3, -0.25) is 9.10 Å². The highest BCUT2D eigenvalue weighted by Crippen LogP contribution is 2.32. The van der Waals surface area contributed by atoms with Gasteiger partial charge in [0.15, 0.2) is 0 Å². The molecule has 0 aliphatic rings. The Balaban J connectivity index is 2.43. The summed E-state index contributed by atoms with van der Waals surface area (Å²) < 4.78 is 31.3. The Labute approximate surface area is 171 Å². The van der Waals surface area contributed by atoms with Crippen molar-refractivity contribution in [3.8, 4) is 5.75 Å². The summed E-state index contributed by atoms with van der Waals surface area (Å²) in [7, 11) is -2.27. The van der Waals surface area contributed by atoms with Gasteiger partial charge in [-0.05, 0) is 42.7 Å². The van der Waals surface area contributed by atoms with E-state index in [-0.39, 0.29) is 11.4 Å². The Morgan fingerprint density at radius 2 is 1.89 bits per heavy atom. The van der Waals surface area contributed by atoms with E-state index in [9.17, 15) is 13.2 Å². The van der Waals surface area contributed by atoms with Crippen LogP contribution in [0.25, 0.3) is 0 Å². The normalized spacial score (nSPS) is 12.3. The van der Waals surface area contributed by atoms with Crippen LogP contribution in [0.1, 0.15) is 25.8 Å². The van der Waals surface area contributed by atoms with Gasteiger partial charge in [-0.2, -0.15) is 0 Å². The first-order valence-electron chi connectivity index (χ1n) is 8.94. The summed E-state index contributed by atoms with van der Waals surface area (Å²) >= 11 is 6.17. The van der Waals surface area contributed by atoms with Crippen LogP contribution >= 0.6 is 11.6 Å². The molecule has 6 nitrogen and oxygen atoms in total. The molecule has 28 heavy (non-hydrogen) atoms. The van der Waals surface area contributed by atoms with Crippen molar-refractivity contribution >= 4 is 38.9 Å². The molecule has 0 bridgehead atoms. The van der Waals surface area contributed by atoms with Gasteiger partial charge < -0.3 is 10.1 Å². The lowest BCUT2D eigenvalue weighted by molar-refractivity contribution is -0.117. The lowest BCUT2D eigenvalue weighted by Gasteiger charge is -2.30. The fraction of sp³-hybridized carbons (Fsp3) is 0.350. The van der Waals surface area contributed by atoms with Crippen LogP contribution in [0.3, 0.4) is 0 Å². The molecule has 1 amide bonds. The molecule has 8 heteroatoms. The Kier molecular flexibility index (Phi) is 7.32. The van der Waals surface area contributed by atoms with Crippen molar-refractivity contribution < 1.29 is 17.9 Å². The van der Waals surface area contributed by atoms with Gasteiger partial charge in [0.1, 0.15) is 11.8 Å². The average molecular weight is 425 g/mol. The minimum absolute atomic E-state index is 0.264. The summed E-state index contributed by atoms with van der Waals surface area (Å²) in [5, 5.41) is 3.13. The summed E-state index contributed by atoms with van der Waals surface area (Å²) in [4.78, 5) is 13.0. The zero-order valence-corrected chi connectivity index (χ0v) is 18.0. The molecular weight excluding hydrogens is 400 g/mol. The fourth-order valence-electron chi connectivity index (χ4n) is 3.02. The van der Waals surface area contributed by atoms with Crippen LogP contribution in [0, 0.1) is 0 Å². The number of methoxy groups -OCH3 is 1. The SMILES string of the molecule is CCc1ccccc1NC(=O)C(CC)N(c1ccc(OC)c(Cl)c1)S(C)(=O)=O. The van der Waals surface area contributed by atoms with E-state index in [1.165, 1.54) is 13.2 Å². The fourth-order valence-corrected chi connectivity index (χ4v) is 4.47. The number of nitrogens with zero attached hydrogens (tertiary/aromatic N) is 1. The number of rotatable bonds is 8. The van der Waals surface area contributed by atoms with E-state index >= 15 is 0 Å². The summed E-state index contributed by atoms with van der Waals surface area (Å²) in [5.41, 5.74) is 1.96. The summed E-state index contributed by atoms with van der Waals surface area (Å²) in [6.07, 6.45) is 2.11. The summed E-state index contributed by atoms with van der Waals surface area (Å²) in [6.45, 7) is 3.75. The van der Waals surface area contributed by atoms with Gasteiger partial charge in [0, 0.05) is 5.69 Å². The first-order valence-corrected chi connectivity index (χ1v) is 11.2. The third kappa shape index (κ3) is 4.97. The maximum Gasteiger partial charge on any atom is 0.248 e. The Morgan fingerprint density at radius 3 is 2.43 bits per heavy atom. The molecule has 0 aromatic heterocycles. The minimum atomic E-state index is -3.75. The minimum Gasteiger partial charge on any atom is -0.495 e. The van der Waals surface area contributed by atoms with Crippen molar-refractivity contribution in [3.05, 3.63) is 53.1 Å². The van der Waals surface area contributed by atoms with E-state index in [0.29, 0.717) is 17.1 Å². The van der Waals surface area contributed by atoms with E-state index in [1.807, 2.05) is 25.1 Å². The third-order valence-electron chi connectivity index (χ3n) is 4.38. The van der Waals surface area contributed by atoms with Gasteiger partial charge in [-0.15, -0.1) is 0 Å². The number of sulfonamides is 1. The predicted octanol–water partition coefficient (Wildman–Crippen LogP) is 4.09. The smallest absolute Gasteiger partial charge is 0.248 e. The van der Waals surface area contributed by atoms with Crippen molar-refractivity contribution in [2.24, 2.45) is 0 Å². The molecule has 0 fully saturated rings. The molecule has 1 unspecified atom stereocenters. The third-order valence-corrected chi connectivity index (χ3v) is 5.85. The largest absolute Gasteiger partial charge is 0.495 e. The van der Waals surface area contributed by atoms with E-state index in [0.717, 1.165) is 22.5 Å². The number of amides is 1. The molecule has 0 heterocycles. The molecule has 0 radical (unpaired) electrons. The zero-order chi connectivity index (χ0) is 20.9. The molecule has 152 valence electrons. The van der Waals surface area contributed by atoms with Gasteiger partial charge >= 0.3 is 0 Å². The molecule has 1 N–H and O–H groups in total. The first-order chi connectivity index (χ1) is 13.2. The number of hydrogen-bond acceptors (Lipinski definition) is 4. The highest BCUT2D eigenvalue weighted by molar-refractivity contribution is 7.92. The second kappa shape index (κ2) is 9.30. The number of carbonyl (C=O) groups is 1. The van der Waals surface area contributed by atoms with Crippen LogP contribution in [0.2, 0.25) is 5.02 Å². The van der Waals surface area contributed by atoms with E-state index in [1.54, 1.807) is 25.1 Å². The molecule has 0 saturated carbocycles. The second-order valence-corrected chi connectivity index (χ2v) is 8.57. The van der Waals surface area contributed by atoms with Crippen LogP contribution in [0.15, 0.2) is 42.5 Å². The maximum atomic E-state index is 13.0. The second-order valence-electron chi connectivity index (χ2n) is 6.30. The average Bonchev–Trinajstić information content (AvgIpc) is 2.65. The number of para-hydroxylation sites is 1. The number of benzene rings is 2. The van der Waals surface area contributed by atoms with Gasteiger partial charge in [0.25, 0.3) is 0 Å². The number of aryl methyl sites for hydroxylation is 1. The first kappa shape index (κ1) is 22.0. The highest BCUT2D eigenvalue weighted by Gasteiger charge is 2.32. The zero-order valence-electron chi connectivity index (χ0n) is 16.4. The van der Waals surface area contributed by atoms with Gasteiger partial charge in [0.2, 0.25) is 15.9 Å². The number of ether oxygens (including phenoxy) is 1. The molecule has 0 aliphatic carbocycles.